The largest absolute Gasteiger partial charge is 0.458 e. The maximum absolute atomic E-state index is 13.0. The lowest BCUT2D eigenvalue weighted by Gasteiger charge is -2.30. The van der Waals surface area contributed by atoms with Crippen LogP contribution in [-0.4, -0.2) is 25.2 Å². The zero-order valence-electron chi connectivity index (χ0n) is 18.8. The fourth-order valence-electron chi connectivity index (χ4n) is 3.68. The van der Waals surface area contributed by atoms with Crippen molar-refractivity contribution in [2.75, 3.05) is 13.2 Å². The maximum atomic E-state index is 13.0. The van der Waals surface area contributed by atoms with Gasteiger partial charge in [-0.2, -0.15) is 0 Å². The third-order valence-electron chi connectivity index (χ3n) is 5.04. The molecule has 0 saturated heterocycles. The summed E-state index contributed by atoms with van der Waals surface area (Å²) in [5.74, 6) is -0.540. The van der Waals surface area contributed by atoms with Crippen LogP contribution in [0.15, 0.2) is 102 Å². The predicted octanol–water partition coefficient (Wildman–Crippen LogP) is 5.17. The number of allylic oxidation sites excluding steroid dienone is 2. The van der Waals surface area contributed by atoms with Crippen molar-refractivity contribution in [2.24, 2.45) is 0 Å². The number of benzene rings is 2. The molecule has 6 heteroatoms. The third-order valence-corrected chi connectivity index (χ3v) is 5.04. The molecule has 6 nitrogen and oxygen atoms in total. The van der Waals surface area contributed by atoms with Crippen molar-refractivity contribution in [3.8, 4) is 11.5 Å². The van der Waals surface area contributed by atoms with Crippen molar-refractivity contribution in [1.82, 2.24) is 5.32 Å². The number of rotatable bonds is 9. The third kappa shape index (κ3) is 5.60. The van der Waals surface area contributed by atoms with Crippen LogP contribution in [0.4, 0.5) is 0 Å². The molecule has 0 atom stereocenters. The van der Waals surface area contributed by atoms with Gasteiger partial charge in [-0.3, -0.25) is 0 Å². The van der Waals surface area contributed by atoms with Crippen LogP contribution in [0, 0.1) is 0 Å². The Morgan fingerprint density at radius 1 is 0.848 bits per heavy atom. The van der Waals surface area contributed by atoms with Gasteiger partial charge in [0.25, 0.3) is 0 Å². The van der Waals surface area contributed by atoms with E-state index in [0.29, 0.717) is 39.6 Å². The summed E-state index contributed by atoms with van der Waals surface area (Å²) in [5, 5.41) is 3.12. The summed E-state index contributed by atoms with van der Waals surface area (Å²) in [6.45, 7) is 10.9. The van der Waals surface area contributed by atoms with Gasteiger partial charge in [0.1, 0.15) is 24.7 Å². The van der Waals surface area contributed by atoms with Crippen molar-refractivity contribution in [1.29, 1.82) is 0 Å². The Hall–Kier alpha value is -4.06. The van der Waals surface area contributed by atoms with Crippen molar-refractivity contribution >= 4 is 11.9 Å². The van der Waals surface area contributed by atoms with Crippen LogP contribution in [0.5, 0.6) is 11.5 Å². The molecular weight excluding hydrogens is 418 g/mol. The molecule has 0 fully saturated rings. The van der Waals surface area contributed by atoms with Gasteiger partial charge in [-0.15, -0.1) is 0 Å². The van der Waals surface area contributed by atoms with Crippen LogP contribution >= 0.6 is 0 Å². The zero-order valence-corrected chi connectivity index (χ0v) is 18.8. The number of dihydropyridines is 1. The number of nitrogens with one attached hydrogen (secondary N) is 1. The monoisotopic (exact) mass is 445 g/mol. The van der Waals surface area contributed by atoms with E-state index in [1.807, 2.05) is 54.6 Å². The summed E-state index contributed by atoms with van der Waals surface area (Å²) in [6, 6.07) is 16.7. The molecule has 170 valence electrons. The summed E-state index contributed by atoms with van der Waals surface area (Å²) < 4.78 is 16.7. The van der Waals surface area contributed by atoms with Crippen LogP contribution in [0.2, 0.25) is 0 Å². The van der Waals surface area contributed by atoms with Crippen molar-refractivity contribution in [2.45, 2.75) is 19.8 Å². The van der Waals surface area contributed by atoms with Crippen LogP contribution in [-0.2, 0) is 19.1 Å². The molecule has 1 aliphatic rings. The van der Waals surface area contributed by atoms with Gasteiger partial charge in [0.2, 0.25) is 0 Å². The van der Waals surface area contributed by atoms with Crippen LogP contribution in [0.3, 0.4) is 0 Å². The Bertz CT molecular complexity index is 1070. The molecule has 0 spiro atoms. The smallest absolute Gasteiger partial charge is 0.337 e. The van der Waals surface area contributed by atoms with Crippen molar-refractivity contribution in [3.05, 3.63) is 108 Å². The van der Waals surface area contributed by atoms with E-state index in [-0.39, 0.29) is 13.2 Å². The fourth-order valence-corrected chi connectivity index (χ4v) is 3.68. The topological polar surface area (TPSA) is 73.9 Å². The van der Waals surface area contributed by atoms with E-state index < -0.39 is 17.9 Å². The lowest BCUT2D eigenvalue weighted by Crippen LogP contribution is -2.32. The van der Waals surface area contributed by atoms with Gasteiger partial charge in [-0.05, 0) is 43.7 Å². The molecule has 2 aromatic carbocycles. The first-order valence-corrected chi connectivity index (χ1v) is 10.5. The summed E-state index contributed by atoms with van der Waals surface area (Å²) in [6.07, 6.45) is 2.99. The Morgan fingerprint density at radius 3 is 1.94 bits per heavy atom. The quantitative estimate of drug-likeness (QED) is 0.424. The van der Waals surface area contributed by atoms with Gasteiger partial charge in [-0.1, -0.05) is 55.6 Å². The number of carbonyl (C=O) groups excluding carboxylic acids is 2. The number of hydrogen-bond acceptors (Lipinski definition) is 6. The highest BCUT2D eigenvalue weighted by Crippen LogP contribution is 2.40. The molecule has 0 radical (unpaired) electrons. The summed E-state index contributed by atoms with van der Waals surface area (Å²) >= 11 is 0. The highest BCUT2D eigenvalue weighted by Gasteiger charge is 2.38. The molecule has 0 aromatic heterocycles. The molecule has 1 aliphatic heterocycles. The van der Waals surface area contributed by atoms with E-state index in [2.05, 4.69) is 18.5 Å². The zero-order chi connectivity index (χ0) is 23.8. The first kappa shape index (κ1) is 23.6. The van der Waals surface area contributed by atoms with E-state index in [9.17, 15) is 9.59 Å². The highest BCUT2D eigenvalue weighted by molar-refractivity contribution is 6.00. The molecule has 1 N–H and O–H groups in total. The molecule has 3 rings (SSSR count). The molecular formula is C27H27NO5. The number of carbonyl (C=O) groups is 2. The van der Waals surface area contributed by atoms with E-state index in [1.165, 1.54) is 12.2 Å². The fraction of sp³-hybridized carbons (Fsp3) is 0.185. The standard InChI is InChI=1S/C27H27NO5/c1-5-15-31-26(29)23-18(3)28-19(4)24(27(30)32-16-6-2)25(23)20-11-10-14-22(17-20)33-21-12-8-7-9-13-21/h5-14,17,25,28H,1-2,15-16H2,3-4H3. The molecule has 1 heterocycles. The number of para-hydroxylation sites is 1. The average Bonchev–Trinajstić information content (AvgIpc) is 2.81. The van der Waals surface area contributed by atoms with Crippen molar-refractivity contribution in [3.63, 3.8) is 0 Å². The van der Waals surface area contributed by atoms with E-state index in [1.54, 1.807) is 13.8 Å². The molecule has 0 saturated carbocycles. The van der Waals surface area contributed by atoms with Crippen LogP contribution in [0.1, 0.15) is 25.3 Å². The highest BCUT2D eigenvalue weighted by atomic mass is 16.5. The van der Waals surface area contributed by atoms with E-state index in [0.717, 1.165) is 0 Å². The number of ether oxygens (including phenoxy) is 3. The predicted molar refractivity (Wildman–Crippen MR) is 127 cm³/mol. The molecule has 33 heavy (non-hydrogen) atoms. The summed E-state index contributed by atoms with van der Waals surface area (Å²) in [4.78, 5) is 26.1. The van der Waals surface area contributed by atoms with Gasteiger partial charge >= 0.3 is 11.9 Å². The lowest BCUT2D eigenvalue weighted by molar-refractivity contribution is -0.138. The van der Waals surface area contributed by atoms with Crippen LogP contribution < -0.4 is 10.1 Å². The first-order valence-electron chi connectivity index (χ1n) is 10.5. The molecule has 0 aliphatic carbocycles. The van der Waals surface area contributed by atoms with Gasteiger partial charge < -0.3 is 19.5 Å². The SMILES string of the molecule is C=CCOC(=O)C1=C(C)NC(C)=C(C(=O)OCC=C)C1c1cccc(Oc2ccccc2)c1. The first-order chi connectivity index (χ1) is 16.0. The second-order valence-corrected chi connectivity index (χ2v) is 7.40. The number of esters is 2. The summed E-state index contributed by atoms with van der Waals surface area (Å²) in [7, 11) is 0. The summed E-state index contributed by atoms with van der Waals surface area (Å²) in [5.41, 5.74) is 2.54. The van der Waals surface area contributed by atoms with Gasteiger partial charge in [-0.25, -0.2) is 9.59 Å². The van der Waals surface area contributed by atoms with E-state index in [4.69, 9.17) is 14.2 Å². The van der Waals surface area contributed by atoms with Gasteiger partial charge in [0.15, 0.2) is 0 Å². The minimum absolute atomic E-state index is 0.0540. The normalized spacial score (nSPS) is 13.8. The Morgan fingerprint density at radius 2 is 1.39 bits per heavy atom. The average molecular weight is 446 g/mol. The van der Waals surface area contributed by atoms with Crippen LogP contribution in [0.25, 0.3) is 0 Å². The molecule has 0 unspecified atom stereocenters. The minimum Gasteiger partial charge on any atom is -0.458 e. The molecule has 2 aromatic rings. The Kier molecular flexibility index (Phi) is 7.86. The van der Waals surface area contributed by atoms with E-state index >= 15 is 0 Å². The second kappa shape index (κ2) is 11.0. The lowest BCUT2D eigenvalue weighted by atomic mass is 9.80. The van der Waals surface area contributed by atoms with Gasteiger partial charge in [0, 0.05) is 11.4 Å². The maximum Gasteiger partial charge on any atom is 0.337 e. The van der Waals surface area contributed by atoms with Crippen molar-refractivity contribution < 1.29 is 23.8 Å². The second-order valence-electron chi connectivity index (χ2n) is 7.40. The molecule has 0 bridgehead atoms. The minimum atomic E-state index is -0.708. The number of hydrogen-bond donors (Lipinski definition) is 1. The molecule has 0 amide bonds. The Balaban J connectivity index is 2.07. The Labute approximate surface area is 193 Å². The van der Waals surface area contributed by atoms with Gasteiger partial charge in [0.05, 0.1) is 17.1 Å².